The summed E-state index contributed by atoms with van der Waals surface area (Å²) in [7, 11) is -3.05. The summed E-state index contributed by atoms with van der Waals surface area (Å²) in [5.41, 5.74) is 1.27. The molecule has 1 saturated heterocycles. The van der Waals surface area contributed by atoms with E-state index in [2.05, 4.69) is 17.1 Å². The van der Waals surface area contributed by atoms with Gasteiger partial charge in [-0.05, 0) is 62.5 Å². The van der Waals surface area contributed by atoms with Gasteiger partial charge >= 0.3 is 0 Å². The third-order valence-corrected chi connectivity index (χ3v) is 5.32. The maximum atomic E-state index is 12.1. The van der Waals surface area contributed by atoms with E-state index in [4.69, 9.17) is 0 Å². The van der Waals surface area contributed by atoms with Crippen molar-refractivity contribution in [2.75, 3.05) is 32.4 Å². The first-order chi connectivity index (χ1) is 11.3. The first-order valence-electron chi connectivity index (χ1n) is 8.61. The highest BCUT2D eigenvalue weighted by Crippen LogP contribution is 2.15. The van der Waals surface area contributed by atoms with Crippen molar-refractivity contribution in [1.82, 2.24) is 10.2 Å². The fourth-order valence-corrected chi connectivity index (χ4v) is 3.75. The van der Waals surface area contributed by atoms with Crippen LogP contribution in [0.2, 0.25) is 0 Å². The number of sulfone groups is 1. The summed E-state index contributed by atoms with van der Waals surface area (Å²) in [5.74, 6) is 0.739. The maximum Gasteiger partial charge on any atom is 0.251 e. The van der Waals surface area contributed by atoms with Crippen LogP contribution >= 0.6 is 0 Å². The van der Waals surface area contributed by atoms with Crippen LogP contribution in [0.3, 0.4) is 0 Å². The molecule has 0 aliphatic carbocycles. The van der Waals surface area contributed by atoms with Crippen LogP contribution in [0, 0.1) is 5.92 Å². The molecule has 5 nitrogen and oxygen atoms in total. The molecule has 0 atom stereocenters. The smallest absolute Gasteiger partial charge is 0.251 e. The minimum atomic E-state index is -3.05. The zero-order valence-corrected chi connectivity index (χ0v) is 15.4. The summed E-state index contributed by atoms with van der Waals surface area (Å²) in [4.78, 5) is 14.6. The number of carbonyl (C=O) groups is 1. The van der Waals surface area contributed by atoms with Gasteiger partial charge in [-0.2, -0.15) is 0 Å². The van der Waals surface area contributed by atoms with E-state index in [0.717, 1.165) is 32.0 Å². The van der Waals surface area contributed by atoms with E-state index in [-0.39, 0.29) is 11.7 Å². The highest BCUT2D eigenvalue weighted by Gasteiger charge is 2.15. The summed E-state index contributed by atoms with van der Waals surface area (Å²) in [6.07, 6.45) is 4.70. The number of carbonyl (C=O) groups excluding carboxylic acids is 1. The average Bonchev–Trinajstić information content (AvgIpc) is 2.52. The van der Waals surface area contributed by atoms with Crippen LogP contribution in [0.1, 0.15) is 42.1 Å². The summed E-state index contributed by atoms with van der Waals surface area (Å²) >= 11 is 0. The van der Waals surface area contributed by atoms with Gasteiger partial charge < -0.3 is 10.2 Å². The summed E-state index contributed by atoms with van der Waals surface area (Å²) < 4.78 is 22.5. The Labute approximate surface area is 145 Å². The highest BCUT2D eigenvalue weighted by molar-refractivity contribution is 7.89. The summed E-state index contributed by atoms with van der Waals surface area (Å²) in [6, 6.07) is 6.76. The minimum absolute atomic E-state index is 0.00332. The second-order valence-electron chi connectivity index (χ2n) is 6.90. The Balaban J connectivity index is 1.70. The maximum absolute atomic E-state index is 12.1. The third-order valence-electron chi connectivity index (χ3n) is 4.46. The van der Waals surface area contributed by atoms with Crippen LogP contribution in [0.4, 0.5) is 0 Å². The predicted octanol–water partition coefficient (Wildman–Crippen LogP) is 2.08. The SMILES string of the molecule is CC1CCN(CCCNC(=O)c2ccc(CS(C)(=O)=O)cc2)CC1. The fraction of sp³-hybridized carbons (Fsp3) is 0.611. The molecule has 2 rings (SSSR count). The van der Waals surface area contributed by atoms with Crippen LogP contribution in [0.25, 0.3) is 0 Å². The van der Waals surface area contributed by atoms with Gasteiger partial charge in [-0.15, -0.1) is 0 Å². The lowest BCUT2D eigenvalue weighted by Gasteiger charge is -2.30. The first kappa shape index (κ1) is 18.9. The quantitative estimate of drug-likeness (QED) is 0.763. The Morgan fingerprint density at radius 1 is 1.21 bits per heavy atom. The van der Waals surface area contributed by atoms with Crippen molar-refractivity contribution < 1.29 is 13.2 Å². The number of rotatable bonds is 7. The van der Waals surface area contributed by atoms with Gasteiger partial charge in [-0.1, -0.05) is 19.1 Å². The van der Waals surface area contributed by atoms with Crippen molar-refractivity contribution in [1.29, 1.82) is 0 Å². The zero-order chi connectivity index (χ0) is 17.6. The van der Waals surface area contributed by atoms with Crippen LogP contribution in [0.15, 0.2) is 24.3 Å². The van der Waals surface area contributed by atoms with Crippen LogP contribution < -0.4 is 5.32 Å². The molecule has 0 spiro atoms. The number of likely N-dealkylation sites (tertiary alicyclic amines) is 1. The van der Waals surface area contributed by atoms with Crippen molar-refractivity contribution in [3.63, 3.8) is 0 Å². The molecule has 1 N–H and O–H groups in total. The van der Waals surface area contributed by atoms with Crippen LogP contribution in [-0.4, -0.2) is 51.7 Å². The number of hydrogen-bond acceptors (Lipinski definition) is 4. The molecular formula is C18H28N2O3S. The second kappa shape index (κ2) is 8.62. The van der Waals surface area contributed by atoms with Gasteiger partial charge in [-0.3, -0.25) is 4.79 Å². The number of benzene rings is 1. The number of nitrogens with zero attached hydrogens (tertiary/aromatic N) is 1. The monoisotopic (exact) mass is 352 g/mol. The van der Waals surface area contributed by atoms with E-state index < -0.39 is 9.84 Å². The molecule has 0 aromatic heterocycles. The molecule has 1 aromatic rings. The molecule has 1 amide bonds. The molecule has 1 aromatic carbocycles. The molecule has 1 aliphatic heterocycles. The van der Waals surface area contributed by atoms with Gasteiger partial charge in [0.25, 0.3) is 5.91 Å². The Hall–Kier alpha value is -1.40. The number of piperidine rings is 1. The van der Waals surface area contributed by atoms with Gasteiger partial charge in [0.15, 0.2) is 9.84 Å². The second-order valence-corrected chi connectivity index (χ2v) is 9.04. The molecule has 0 saturated carbocycles. The standard InChI is InChI=1S/C18H28N2O3S/c1-15-8-12-20(13-9-15)11-3-10-19-18(21)17-6-4-16(5-7-17)14-24(2,22)23/h4-7,15H,3,8-14H2,1-2H3,(H,19,21). The van der Waals surface area contributed by atoms with Gasteiger partial charge in [-0.25, -0.2) is 8.42 Å². The fourth-order valence-electron chi connectivity index (χ4n) is 2.95. The van der Waals surface area contributed by atoms with Gasteiger partial charge in [0, 0.05) is 18.4 Å². The largest absolute Gasteiger partial charge is 0.352 e. The van der Waals surface area contributed by atoms with Crippen LogP contribution in [0.5, 0.6) is 0 Å². The van der Waals surface area contributed by atoms with E-state index in [0.29, 0.717) is 17.7 Å². The zero-order valence-electron chi connectivity index (χ0n) is 14.6. The molecule has 1 aliphatic rings. The number of hydrogen-bond donors (Lipinski definition) is 1. The van der Waals surface area contributed by atoms with Crippen LogP contribution in [-0.2, 0) is 15.6 Å². The lowest BCUT2D eigenvalue weighted by Crippen LogP contribution is -2.35. The lowest BCUT2D eigenvalue weighted by atomic mass is 9.99. The topological polar surface area (TPSA) is 66.5 Å². The molecule has 0 bridgehead atoms. The first-order valence-corrected chi connectivity index (χ1v) is 10.7. The Morgan fingerprint density at radius 2 is 1.83 bits per heavy atom. The van der Waals surface area contributed by atoms with E-state index in [1.165, 1.54) is 19.1 Å². The predicted molar refractivity (Wildman–Crippen MR) is 96.8 cm³/mol. The highest BCUT2D eigenvalue weighted by atomic mass is 32.2. The molecule has 0 unspecified atom stereocenters. The van der Waals surface area contributed by atoms with E-state index in [1.807, 2.05) is 0 Å². The van der Waals surface area contributed by atoms with Crippen molar-refractivity contribution >= 4 is 15.7 Å². The molecule has 0 radical (unpaired) electrons. The van der Waals surface area contributed by atoms with Crippen molar-refractivity contribution in [2.24, 2.45) is 5.92 Å². The van der Waals surface area contributed by atoms with E-state index in [9.17, 15) is 13.2 Å². The van der Waals surface area contributed by atoms with Crippen molar-refractivity contribution in [2.45, 2.75) is 31.9 Å². The Bertz CT molecular complexity index is 633. The molecule has 134 valence electrons. The summed E-state index contributed by atoms with van der Waals surface area (Å²) in [5, 5.41) is 2.93. The van der Waals surface area contributed by atoms with Crippen molar-refractivity contribution in [3.05, 3.63) is 35.4 Å². The molecule has 24 heavy (non-hydrogen) atoms. The average molecular weight is 353 g/mol. The number of nitrogens with one attached hydrogen (secondary N) is 1. The van der Waals surface area contributed by atoms with E-state index >= 15 is 0 Å². The Morgan fingerprint density at radius 3 is 2.42 bits per heavy atom. The molecular weight excluding hydrogens is 324 g/mol. The van der Waals surface area contributed by atoms with Crippen molar-refractivity contribution in [3.8, 4) is 0 Å². The normalized spacial score (nSPS) is 16.9. The lowest BCUT2D eigenvalue weighted by molar-refractivity contribution is 0.0950. The van der Waals surface area contributed by atoms with Gasteiger partial charge in [0.2, 0.25) is 0 Å². The third kappa shape index (κ3) is 6.61. The van der Waals surface area contributed by atoms with Gasteiger partial charge in [0.05, 0.1) is 5.75 Å². The minimum Gasteiger partial charge on any atom is -0.352 e. The van der Waals surface area contributed by atoms with Gasteiger partial charge in [0.1, 0.15) is 0 Å². The number of amides is 1. The molecule has 1 heterocycles. The summed E-state index contributed by atoms with van der Waals surface area (Å²) in [6.45, 7) is 6.32. The Kier molecular flexibility index (Phi) is 6.80. The molecule has 6 heteroatoms. The van der Waals surface area contributed by atoms with E-state index in [1.54, 1.807) is 24.3 Å². The molecule has 1 fully saturated rings.